The van der Waals surface area contributed by atoms with Crippen molar-refractivity contribution in [2.45, 2.75) is 0 Å². The first kappa shape index (κ1) is 14.9. The van der Waals surface area contributed by atoms with Crippen LogP contribution in [0.3, 0.4) is 0 Å². The number of benzene rings is 2. The molecule has 0 aliphatic heterocycles. The van der Waals surface area contributed by atoms with E-state index in [0.717, 1.165) is 21.2 Å². The molecule has 3 rings (SSSR count). The number of nitrogens with one attached hydrogen (secondary N) is 1. The minimum Gasteiger partial charge on any atom is -0.478 e. The molecule has 110 valence electrons. The maximum Gasteiger partial charge on any atom is 0.336 e. The SMILES string of the molecule is O=C(O)c1cc(Br)cc2[nH]c(/C=C/c3ccc(Cl)cc3)cc12. The number of carbonyl (C=O) groups is 1. The van der Waals surface area contributed by atoms with Gasteiger partial charge < -0.3 is 10.1 Å². The number of carboxylic acids is 1. The summed E-state index contributed by atoms with van der Waals surface area (Å²) in [5, 5.41) is 10.7. The highest BCUT2D eigenvalue weighted by Gasteiger charge is 2.11. The van der Waals surface area contributed by atoms with Gasteiger partial charge in [-0.15, -0.1) is 0 Å². The average Bonchev–Trinajstić information content (AvgIpc) is 2.88. The number of rotatable bonds is 3. The zero-order valence-corrected chi connectivity index (χ0v) is 13.6. The monoisotopic (exact) mass is 375 g/mol. The number of aromatic amines is 1. The summed E-state index contributed by atoms with van der Waals surface area (Å²) < 4.78 is 0.729. The van der Waals surface area contributed by atoms with E-state index in [4.69, 9.17) is 11.6 Å². The van der Waals surface area contributed by atoms with Gasteiger partial charge in [-0.25, -0.2) is 4.79 Å². The maximum absolute atomic E-state index is 11.3. The summed E-state index contributed by atoms with van der Waals surface area (Å²) in [6.45, 7) is 0. The van der Waals surface area contributed by atoms with E-state index in [1.165, 1.54) is 0 Å². The first-order valence-corrected chi connectivity index (χ1v) is 7.69. The molecular weight excluding hydrogens is 366 g/mol. The van der Waals surface area contributed by atoms with Gasteiger partial charge in [0, 0.05) is 26.1 Å². The van der Waals surface area contributed by atoms with Crippen LogP contribution in [0.25, 0.3) is 23.1 Å². The van der Waals surface area contributed by atoms with Crippen LogP contribution >= 0.6 is 27.5 Å². The van der Waals surface area contributed by atoms with Gasteiger partial charge in [-0.2, -0.15) is 0 Å². The Morgan fingerprint density at radius 1 is 1.14 bits per heavy atom. The van der Waals surface area contributed by atoms with Crippen molar-refractivity contribution in [3.63, 3.8) is 0 Å². The molecule has 0 unspecified atom stereocenters. The van der Waals surface area contributed by atoms with Crippen LogP contribution in [0.1, 0.15) is 21.6 Å². The summed E-state index contributed by atoms with van der Waals surface area (Å²) in [5.41, 5.74) is 2.91. The highest BCUT2D eigenvalue weighted by atomic mass is 79.9. The van der Waals surface area contributed by atoms with Gasteiger partial charge in [0.25, 0.3) is 0 Å². The molecule has 0 atom stereocenters. The largest absolute Gasteiger partial charge is 0.478 e. The summed E-state index contributed by atoms with van der Waals surface area (Å²) in [7, 11) is 0. The van der Waals surface area contributed by atoms with Crippen LogP contribution in [0.15, 0.2) is 46.9 Å². The number of hydrogen-bond acceptors (Lipinski definition) is 1. The molecule has 1 aromatic heterocycles. The molecular formula is C17H11BrClNO2. The van der Waals surface area contributed by atoms with Crippen LogP contribution in [0, 0.1) is 0 Å². The van der Waals surface area contributed by atoms with Gasteiger partial charge in [-0.3, -0.25) is 0 Å². The van der Waals surface area contributed by atoms with Gasteiger partial charge in [0.2, 0.25) is 0 Å². The highest BCUT2D eigenvalue weighted by Crippen LogP contribution is 2.26. The molecule has 0 fully saturated rings. The minimum atomic E-state index is -0.946. The third kappa shape index (κ3) is 3.08. The van der Waals surface area contributed by atoms with Crippen LogP contribution in [-0.2, 0) is 0 Å². The Morgan fingerprint density at radius 2 is 1.86 bits per heavy atom. The minimum absolute atomic E-state index is 0.270. The van der Waals surface area contributed by atoms with Crippen LogP contribution < -0.4 is 0 Å². The summed E-state index contributed by atoms with van der Waals surface area (Å²) in [4.78, 5) is 14.5. The lowest BCUT2D eigenvalue weighted by atomic mass is 10.1. The van der Waals surface area contributed by atoms with Crippen molar-refractivity contribution >= 4 is 56.6 Å². The van der Waals surface area contributed by atoms with Gasteiger partial charge in [0.15, 0.2) is 0 Å². The van der Waals surface area contributed by atoms with Crippen molar-refractivity contribution in [2.75, 3.05) is 0 Å². The second kappa shape index (κ2) is 5.99. The Kier molecular flexibility index (Phi) is 4.05. The predicted octanol–water partition coefficient (Wildman–Crippen LogP) is 5.45. The quantitative estimate of drug-likeness (QED) is 0.638. The van der Waals surface area contributed by atoms with E-state index in [1.54, 1.807) is 6.07 Å². The molecule has 0 saturated carbocycles. The van der Waals surface area contributed by atoms with Crippen molar-refractivity contribution in [1.29, 1.82) is 0 Å². The predicted molar refractivity (Wildman–Crippen MR) is 93.3 cm³/mol. The first-order chi connectivity index (χ1) is 10.5. The number of aromatic nitrogens is 1. The Morgan fingerprint density at radius 3 is 2.55 bits per heavy atom. The molecule has 0 radical (unpaired) electrons. The molecule has 1 heterocycles. The fourth-order valence-corrected chi connectivity index (χ4v) is 2.83. The molecule has 3 aromatic rings. The van der Waals surface area contributed by atoms with Crippen LogP contribution in [0.4, 0.5) is 0 Å². The highest BCUT2D eigenvalue weighted by molar-refractivity contribution is 9.10. The third-order valence-electron chi connectivity index (χ3n) is 3.28. The van der Waals surface area contributed by atoms with E-state index in [2.05, 4.69) is 20.9 Å². The summed E-state index contributed by atoms with van der Waals surface area (Å²) >= 11 is 9.18. The van der Waals surface area contributed by atoms with Crippen LogP contribution in [0.5, 0.6) is 0 Å². The molecule has 3 nitrogen and oxygen atoms in total. The Hall–Kier alpha value is -2.04. The van der Waals surface area contributed by atoms with Crippen molar-refractivity contribution in [3.8, 4) is 0 Å². The smallest absolute Gasteiger partial charge is 0.336 e. The molecule has 5 heteroatoms. The van der Waals surface area contributed by atoms with Crippen LogP contribution in [0.2, 0.25) is 5.02 Å². The fourth-order valence-electron chi connectivity index (χ4n) is 2.25. The maximum atomic E-state index is 11.3. The molecule has 0 spiro atoms. The Bertz CT molecular complexity index is 882. The van der Waals surface area contributed by atoms with E-state index < -0.39 is 5.97 Å². The molecule has 2 aromatic carbocycles. The third-order valence-corrected chi connectivity index (χ3v) is 3.99. The van der Waals surface area contributed by atoms with Crippen molar-refractivity contribution in [1.82, 2.24) is 4.98 Å². The van der Waals surface area contributed by atoms with Crippen LogP contribution in [-0.4, -0.2) is 16.1 Å². The van der Waals surface area contributed by atoms with Crippen molar-refractivity contribution in [3.05, 3.63) is 68.8 Å². The lowest BCUT2D eigenvalue weighted by Gasteiger charge is -1.98. The van der Waals surface area contributed by atoms with Crippen molar-refractivity contribution in [2.24, 2.45) is 0 Å². The van der Waals surface area contributed by atoms with E-state index in [0.29, 0.717) is 10.4 Å². The topological polar surface area (TPSA) is 53.1 Å². The molecule has 0 aliphatic carbocycles. The lowest BCUT2D eigenvalue weighted by molar-refractivity contribution is 0.0699. The molecule has 0 saturated heterocycles. The summed E-state index contributed by atoms with van der Waals surface area (Å²) in [6.07, 6.45) is 3.85. The van der Waals surface area contributed by atoms with Gasteiger partial charge in [0.1, 0.15) is 0 Å². The molecule has 2 N–H and O–H groups in total. The molecule has 22 heavy (non-hydrogen) atoms. The van der Waals surface area contributed by atoms with Gasteiger partial charge in [-0.1, -0.05) is 45.7 Å². The summed E-state index contributed by atoms with van der Waals surface area (Å²) in [5.74, 6) is -0.946. The normalized spacial score (nSPS) is 11.4. The van der Waals surface area contributed by atoms with Gasteiger partial charge >= 0.3 is 5.97 Å². The zero-order chi connectivity index (χ0) is 15.7. The number of hydrogen-bond donors (Lipinski definition) is 2. The number of carboxylic acid groups (broad SMARTS) is 1. The zero-order valence-electron chi connectivity index (χ0n) is 11.3. The Balaban J connectivity index is 2.00. The fraction of sp³-hybridized carbons (Fsp3) is 0. The standard InChI is InChI=1S/C17H11BrClNO2/c18-11-7-15(17(21)22)14-9-13(20-16(14)8-11)6-3-10-1-4-12(19)5-2-10/h1-9,20H,(H,21,22)/b6-3+. The second-order valence-corrected chi connectivity index (χ2v) is 6.18. The lowest BCUT2D eigenvalue weighted by Crippen LogP contribution is -1.96. The average molecular weight is 377 g/mol. The van der Waals surface area contributed by atoms with E-state index in [1.807, 2.05) is 48.6 Å². The molecule has 0 amide bonds. The van der Waals surface area contributed by atoms with Crippen molar-refractivity contribution < 1.29 is 9.90 Å². The van der Waals surface area contributed by atoms with Gasteiger partial charge in [-0.05, 0) is 42.0 Å². The van der Waals surface area contributed by atoms with E-state index in [-0.39, 0.29) is 5.56 Å². The number of H-pyrrole nitrogens is 1. The van der Waals surface area contributed by atoms with E-state index in [9.17, 15) is 9.90 Å². The number of fused-ring (bicyclic) bond motifs is 1. The second-order valence-electron chi connectivity index (χ2n) is 4.83. The van der Waals surface area contributed by atoms with Gasteiger partial charge in [0.05, 0.1) is 5.56 Å². The number of aromatic carboxylic acids is 1. The molecule has 0 aliphatic rings. The number of halogens is 2. The van der Waals surface area contributed by atoms with E-state index >= 15 is 0 Å². The summed E-state index contributed by atoms with van der Waals surface area (Å²) in [6, 6.07) is 12.8. The first-order valence-electron chi connectivity index (χ1n) is 6.52. The Labute approximate surface area is 140 Å². The molecule has 0 bridgehead atoms.